The largest absolute Gasteiger partial charge is 0.297 e. The Kier molecular flexibility index (Phi) is 5.05. The van der Waals surface area contributed by atoms with Gasteiger partial charge >= 0.3 is 0 Å². The Morgan fingerprint density at radius 3 is 2.85 bits per heavy atom. The van der Waals surface area contributed by atoms with Crippen LogP contribution in [0.25, 0.3) is 0 Å². The molecule has 104 valence electrons. The zero-order chi connectivity index (χ0) is 14.5. The van der Waals surface area contributed by atoms with E-state index in [1.807, 2.05) is 6.07 Å². The SMILES string of the molecule is CCCC#CN1CC(=O)CC(c2ccc(Cl)c(Cl)c2)=N1. The second-order valence-electron chi connectivity index (χ2n) is 4.49. The molecule has 0 spiro atoms. The monoisotopic (exact) mass is 308 g/mol. The fraction of sp³-hybridized carbons (Fsp3) is 0.333. The summed E-state index contributed by atoms with van der Waals surface area (Å²) in [5.41, 5.74) is 1.47. The lowest BCUT2D eigenvalue weighted by Gasteiger charge is -2.19. The fourth-order valence-electron chi connectivity index (χ4n) is 1.80. The van der Waals surface area contributed by atoms with E-state index in [0.29, 0.717) is 22.2 Å². The minimum atomic E-state index is 0.0897. The summed E-state index contributed by atoms with van der Waals surface area (Å²) >= 11 is 11.9. The van der Waals surface area contributed by atoms with Crippen molar-refractivity contribution in [3.05, 3.63) is 33.8 Å². The van der Waals surface area contributed by atoms with Crippen molar-refractivity contribution in [3.8, 4) is 12.0 Å². The third kappa shape index (κ3) is 3.75. The van der Waals surface area contributed by atoms with E-state index in [0.717, 1.165) is 18.4 Å². The van der Waals surface area contributed by atoms with Crippen LogP contribution >= 0.6 is 23.2 Å². The molecule has 0 amide bonds. The molecule has 2 rings (SSSR count). The Morgan fingerprint density at radius 2 is 2.15 bits per heavy atom. The average Bonchev–Trinajstić information content (AvgIpc) is 2.41. The van der Waals surface area contributed by atoms with Crippen LogP contribution in [0.1, 0.15) is 31.7 Å². The van der Waals surface area contributed by atoms with Crippen molar-refractivity contribution in [2.24, 2.45) is 5.10 Å². The molecule has 0 saturated carbocycles. The van der Waals surface area contributed by atoms with Gasteiger partial charge in [-0.1, -0.05) is 42.1 Å². The van der Waals surface area contributed by atoms with Gasteiger partial charge in [-0.05, 0) is 24.1 Å². The van der Waals surface area contributed by atoms with Crippen LogP contribution < -0.4 is 0 Å². The molecule has 1 aliphatic rings. The molecular formula is C15H14Cl2N2O. The highest BCUT2D eigenvalue weighted by atomic mass is 35.5. The summed E-state index contributed by atoms with van der Waals surface area (Å²) in [5, 5.41) is 6.83. The van der Waals surface area contributed by atoms with E-state index < -0.39 is 0 Å². The zero-order valence-corrected chi connectivity index (χ0v) is 12.6. The molecule has 5 heteroatoms. The van der Waals surface area contributed by atoms with E-state index in [2.05, 4.69) is 24.0 Å². The summed E-state index contributed by atoms with van der Waals surface area (Å²) in [6, 6.07) is 8.13. The number of ketones is 1. The first-order valence-corrected chi connectivity index (χ1v) is 7.16. The second-order valence-corrected chi connectivity index (χ2v) is 5.30. The summed E-state index contributed by atoms with van der Waals surface area (Å²) in [6.45, 7) is 2.29. The minimum Gasteiger partial charge on any atom is -0.297 e. The van der Waals surface area contributed by atoms with Crippen molar-refractivity contribution in [2.45, 2.75) is 26.2 Å². The molecular weight excluding hydrogens is 295 g/mol. The number of unbranched alkanes of at least 4 members (excludes halogenated alkanes) is 1. The Morgan fingerprint density at radius 1 is 1.35 bits per heavy atom. The van der Waals surface area contributed by atoms with Crippen molar-refractivity contribution in [2.75, 3.05) is 6.54 Å². The molecule has 0 N–H and O–H groups in total. The van der Waals surface area contributed by atoms with Crippen LogP contribution in [0.2, 0.25) is 10.0 Å². The maximum absolute atomic E-state index is 11.8. The van der Waals surface area contributed by atoms with E-state index in [-0.39, 0.29) is 12.3 Å². The number of hydrazone groups is 1. The lowest BCUT2D eigenvalue weighted by molar-refractivity contribution is -0.118. The molecule has 0 radical (unpaired) electrons. The normalized spacial score (nSPS) is 14.7. The molecule has 0 fully saturated rings. The van der Waals surface area contributed by atoms with Gasteiger partial charge in [0.25, 0.3) is 0 Å². The number of carbonyl (C=O) groups excluding carboxylic acids is 1. The molecule has 0 atom stereocenters. The van der Waals surface area contributed by atoms with Gasteiger partial charge < -0.3 is 0 Å². The van der Waals surface area contributed by atoms with Crippen molar-refractivity contribution in [1.82, 2.24) is 5.01 Å². The van der Waals surface area contributed by atoms with Crippen LogP contribution in [-0.4, -0.2) is 23.0 Å². The second kappa shape index (κ2) is 6.78. The molecule has 1 aromatic rings. The number of halogens is 2. The molecule has 0 unspecified atom stereocenters. The summed E-state index contributed by atoms with van der Waals surface area (Å²) in [7, 11) is 0. The molecule has 1 heterocycles. The standard InChI is InChI=1S/C15H14Cl2N2O/c1-2-3-4-7-19-10-12(20)9-15(18-19)11-5-6-13(16)14(17)8-11/h5-6,8H,2-3,9-10H2,1H3. The van der Waals surface area contributed by atoms with E-state index in [9.17, 15) is 4.79 Å². The lowest BCUT2D eigenvalue weighted by Crippen LogP contribution is -2.30. The molecule has 1 aromatic carbocycles. The van der Waals surface area contributed by atoms with Gasteiger partial charge in [0.15, 0.2) is 5.78 Å². The van der Waals surface area contributed by atoms with Gasteiger partial charge in [-0.3, -0.25) is 4.79 Å². The van der Waals surface area contributed by atoms with Crippen molar-refractivity contribution < 1.29 is 4.79 Å². The van der Waals surface area contributed by atoms with Crippen LogP contribution in [0.5, 0.6) is 0 Å². The molecule has 0 aliphatic carbocycles. The van der Waals surface area contributed by atoms with E-state index in [1.165, 1.54) is 5.01 Å². The summed E-state index contributed by atoms with van der Waals surface area (Å²) < 4.78 is 0. The fourth-order valence-corrected chi connectivity index (χ4v) is 2.10. The number of carbonyl (C=O) groups is 1. The highest BCUT2D eigenvalue weighted by Gasteiger charge is 2.19. The maximum atomic E-state index is 11.8. The average molecular weight is 309 g/mol. The summed E-state index contributed by atoms with van der Waals surface area (Å²) in [6.07, 6.45) is 2.07. The van der Waals surface area contributed by atoms with Crippen LogP contribution in [-0.2, 0) is 4.79 Å². The number of Topliss-reactive ketones (excluding diaryl/α,β-unsaturated/α-hetero) is 1. The van der Waals surface area contributed by atoms with E-state index in [1.54, 1.807) is 12.1 Å². The van der Waals surface area contributed by atoms with Gasteiger partial charge in [0.1, 0.15) is 6.54 Å². The van der Waals surface area contributed by atoms with Crippen LogP contribution in [0.15, 0.2) is 23.3 Å². The van der Waals surface area contributed by atoms with Crippen molar-refractivity contribution in [1.29, 1.82) is 0 Å². The predicted octanol–water partition coefficient (Wildman–Crippen LogP) is 3.73. The molecule has 0 bridgehead atoms. The summed E-state index contributed by atoms with van der Waals surface area (Å²) in [4.78, 5) is 11.8. The molecule has 20 heavy (non-hydrogen) atoms. The van der Waals surface area contributed by atoms with Crippen molar-refractivity contribution >= 4 is 34.7 Å². The first-order chi connectivity index (χ1) is 9.60. The van der Waals surface area contributed by atoms with Crippen LogP contribution in [0.3, 0.4) is 0 Å². The number of hydrogen-bond acceptors (Lipinski definition) is 3. The number of benzene rings is 1. The predicted molar refractivity (Wildman–Crippen MR) is 82.0 cm³/mol. The molecule has 0 saturated heterocycles. The zero-order valence-electron chi connectivity index (χ0n) is 11.1. The van der Waals surface area contributed by atoms with Gasteiger partial charge in [0, 0.05) is 12.5 Å². The Balaban J connectivity index is 2.27. The van der Waals surface area contributed by atoms with Gasteiger partial charge in [-0.2, -0.15) is 5.10 Å². The van der Waals surface area contributed by atoms with E-state index >= 15 is 0 Å². The highest BCUT2D eigenvalue weighted by molar-refractivity contribution is 6.42. The molecule has 1 aliphatic heterocycles. The third-order valence-electron chi connectivity index (χ3n) is 2.77. The quantitative estimate of drug-likeness (QED) is 0.780. The first-order valence-electron chi connectivity index (χ1n) is 6.40. The molecule has 0 aromatic heterocycles. The Labute approximate surface area is 128 Å². The maximum Gasteiger partial charge on any atom is 0.161 e. The number of nitrogens with zero attached hydrogens (tertiary/aromatic N) is 2. The topological polar surface area (TPSA) is 32.7 Å². The van der Waals surface area contributed by atoms with E-state index in [4.69, 9.17) is 23.2 Å². The highest BCUT2D eigenvalue weighted by Crippen LogP contribution is 2.24. The van der Waals surface area contributed by atoms with Crippen LogP contribution in [0, 0.1) is 12.0 Å². The Hall–Kier alpha value is -1.50. The minimum absolute atomic E-state index is 0.0897. The Bertz CT molecular complexity index is 614. The lowest BCUT2D eigenvalue weighted by atomic mass is 10.0. The number of rotatable bonds is 2. The van der Waals surface area contributed by atoms with Gasteiger partial charge in [0.05, 0.1) is 22.2 Å². The number of hydrogen-bond donors (Lipinski definition) is 0. The summed E-state index contributed by atoms with van der Waals surface area (Å²) in [5.74, 6) is 3.08. The first kappa shape index (κ1) is 14.9. The molecule has 3 nitrogen and oxygen atoms in total. The van der Waals surface area contributed by atoms with Crippen LogP contribution in [0.4, 0.5) is 0 Å². The van der Waals surface area contributed by atoms with Crippen molar-refractivity contribution in [3.63, 3.8) is 0 Å². The smallest absolute Gasteiger partial charge is 0.161 e. The van der Waals surface area contributed by atoms with Gasteiger partial charge in [-0.25, -0.2) is 5.01 Å². The van der Waals surface area contributed by atoms with Gasteiger partial charge in [-0.15, -0.1) is 0 Å². The van der Waals surface area contributed by atoms with Gasteiger partial charge in [0.2, 0.25) is 0 Å². The third-order valence-corrected chi connectivity index (χ3v) is 3.51.